The van der Waals surface area contributed by atoms with Gasteiger partial charge in [-0.1, -0.05) is 54.1 Å². The van der Waals surface area contributed by atoms with Crippen LogP contribution >= 0.6 is 11.6 Å². The third-order valence-electron chi connectivity index (χ3n) is 6.31. The molecule has 0 radical (unpaired) electrons. The Hall–Kier alpha value is -3.36. The predicted octanol–water partition coefficient (Wildman–Crippen LogP) is 5.48. The molecule has 1 unspecified atom stereocenters. The van der Waals surface area contributed by atoms with E-state index in [9.17, 15) is 18.0 Å². The Labute approximate surface area is 236 Å². The van der Waals surface area contributed by atoms with Crippen molar-refractivity contribution in [1.29, 1.82) is 0 Å². The number of carbonyl (C=O) groups excluding carboxylic acids is 2. The van der Waals surface area contributed by atoms with Crippen molar-refractivity contribution in [3.8, 4) is 0 Å². The SMILES string of the molecule is Cc1ccccc1CN(C(=O)CN(c1ccc(Cl)cc1C)S(=O)(=O)c1ccccc1)C(C)C(=O)NC(C)(C)C. The fourth-order valence-electron chi connectivity index (χ4n) is 4.16. The van der Waals surface area contributed by atoms with E-state index in [-0.39, 0.29) is 17.3 Å². The predicted molar refractivity (Wildman–Crippen MR) is 156 cm³/mol. The molecule has 0 spiro atoms. The van der Waals surface area contributed by atoms with Crippen molar-refractivity contribution in [1.82, 2.24) is 10.2 Å². The van der Waals surface area contributed by atoms with Gasteiger partial charge in [0, 0.05) is 17.1 Å². The van der Waals surface area contributed by atoms with Crippen LogP contribution in [0.5, 0.6) is 0 Å². The van der Waals surface area contributed by atoms with E-state index < -0.39 is 34.1 Å². The zero-order chi connectivity index (χ0) is 29.0. The van der Waals surface area contributed by atoms with E-state index in [0.29, 0.717) is 16.3 Å². The molecule has 0 fully saturated rings. The van der Waals surface area contributed by atoms with Gasteiger partial charge in [0.1, 0.15) is 12.6 Å². The average Bonchev–Trinajstić information content (AvgIpc) is 2.86. The number of nitrogens with zero attached hydrogens (tertiary/aromatic N) is 2. The van der Waals surface area contributed by atoms with E-state index in [1.807, 2.05) is 52.0 Å². The number of sulfonamides is 1. The van der Waals surface area contributed by atoms with E-state index in [2.05, 4.69) is 5.32 Å². The summed E-state index contributed by atoms with van der Waals surface area (Å²) in [5, 5.41) is 3.38. The molecule has 0 aliphatic carbocycles. The third-order valence-corrected chi connectivity index (χ3v) is 8.31. The molecule has 39 heavy (non-hydrogen) atoms. The van der Waals surface area contributed by atoms with Gasteiger partial charge in [-0.3, -0.25) is 13.9 Å². The summed E-state index contributed by atoms with van der Waals surface area (Å²) in [5.41, 5.74) is 2.24. The lowest BCUT2D eigenvalue weighted by Gasteiger charge is -2.34. The number of amides is 2. The molecule has 0 saturated carbocycles. The van der Waals surface area contributed by atoms with Crippen LogP contribution in [0.3, 0.4) is 0 Å². The second-order valence-corrected chi connectivity index (χ2v) is 12.9. The summed E-state index contributed by atoms with van der Waals surface area (Å²) in [6, 6.07) is 19.5. The molecule has 0 saturated heterocycles. The van der Waals surface area contributed by atoms with Gasteiger partial charge < -0.3 is 10.2 Å². The monoisotopic (exact) mass is 569 g/mol. The Balaban J connectivity index is 2.07. The number of halogens is 1. The standard InChI is InChI=1S/C30H36ClN3O4S/c1-21-12-10-11-13-24(21)19-33(23(3)29(36)32-30(4,5)6)28(35)20-34(27-17-16-25(31)18-22(27)2)39(37,38)26-14-8-7-9-15-26/h7-18,23H,19-20H2,1-6H3,(H,32,36). The molecular weight excluding hydrogens is 534 g/mol. The number of hydrogen-bond acceptors (Lipinski definition) is 4. The van der Waals surface area contributed by atoms with Crippen LogP contribution in [-0.2, 0) is 26.2 Å². The molecule has 3 aromatic rings. The van der Waals surface area contributed by atoms with Crippen molar-refractivity contribution in [2.24, 2.45) is 0 Å². The molecule has 9 heteroatoms. The highest BCUT2D eigenvalue weighted by atomic mass is 35.5. The molecule has 0 heterocycles. The normalized spacial score (nSPS) is 12.5. The van der Waals surface area contributed by atoms with Gasteiger partial charge in [-0.05, 0) is 88.6 Å². The van der Waals surface area contributed by atoms with E-state index in [1.165, 1.54) is 17.0 Å². The molecular formula is C30H36ClN3O4S. The van der Waals surface area contributed by atoms with E-state index in [0.717, 1.165) is 15.4 Å². The minimum atomic E-state index is -4.13. The fourth-order valence-corrected chi connectivity index (χ4v) is 5.89. The highest BCUT2D eigenvalue weighted by molar-refractivity contribution is 7.92. The van der Waals surface area contributed by atoms with Crippen molar-refractivity contribution in [2.75, 3.05) is 10.8 Å². The lowest BCUT2D eigenvalue weighted by Crippen LogP contribution is -2.54. The first kappa shape index (κ1) is 30.2. The maximum atomic E-state index is 14.0. The Morgan fingerprint density at radius 3 is 2.13 bits per heavy atom. The fraction of sp³-hybridized carbons (Fsp3) is 0.333. The van der Waals surface area contributed by atoms with Gasteiger partial charge >= 0.3 is 0 Å². The largest absolute Gasteiger partial charge is 0.350 e. The summed E-state index contributed by atoms with van der Waals surface area (Å²) in [6.07, 6.45) is 0. The lowest BCUT2D eigenvalue weighted by molar-refractivity contribution is -0.140. The smallest absolute Gasteiger partial charge is 0.264 e. The van der Waals surface area contributed by atoms with E-state index in [1.54, 1.807) is 50.2 Å². The summed E-state index contributed by atoms with van der Waals surface area (Å²) in [5.74, 6) is -0.840. The Morgan fingerprint density at radius 1 is 0.923 bits per heavy atom. The van der Waals surface area contributed by atoms with Crippen LogP contribution in [0.25, 0.3) is 0 Å². The number of hydrogen-bond donors (Lipinski definition) is 1. The van der Waals surface area contributed by atoms with Crippen LogP contribution in [0.15, 0.2) is 77.7 Å². The van der Waals surface area contributed by atoms with Gasteiger partial charge in [0.15, 0.2) is 0 Å². The zero-order valence-corrected chi connectivity index (χ0v) is 24.8. The van der Waals surface area contributed by atoms with Gasteiger partial charge in [0.05, 0.1) is 10.6 Å². The Kier molecular flexibility index (Phi) is 9.46. The highest BCUT2D eigenvalue weighted by Gasteiger charge is 2.34. The van der Waals surface area contributed by atoms with Gasteiger partial charge in [-0.15, -0.1) is 0 Å². The highest BCUT2D eigenvalue weighted by Crippen LogP contribution is 2.29. The number of benzene rings is 3. The summed E-state index contributed by atoms with van der Waals surface area (Å²) >= 11 is 6.16. The van der Waals surface area contributed by atoms with Gasteiger partial charge in [0.2, 0.25) is 11.8 Å². The second kappa shape index (κ2) is 12.2. The van der Waals surface area contributed by atoms with Crippen LogP contribution in [0, 0.1) is 13.8 Å². The van der Waals surface area contributed by atoms with E-state index >= 15 is 0 Å². The molecule has 7 nitrogen and oxygen atoms in total. The molecule has 208 valence electrons. The number of rotatable bonds is 9. The van der Waals surface area contributed by atoms with Crippen LogP contribution < -0.4 is 9.62 Å². The van der Waals surface area contributed by atoms with Crippen molar-refractivity contribution in [2.45, 2.75) is 64.6 Å². The van der Waals surface area contributed by atoms with Crippen LogP contribution in [0.2, 0.25) is 5.02 Å². The molecule has 0 aliphatic rings. The number of anilines is 1. The molecule has 0 aromatic heterocycles. The van der Waals surface area contributed by atoms with Crippen LogP contribution in [-0.4, -0.2) is 43.3 Å². The zero-order valence-electron chi connectivity index (χ0n) is 23.2. The molecule has 3 aromatic carbocycles. The first-order valence-electron chi connectivity index (χ1n) is 12.7. The molecule has 0 bridgehead atoms. The van der Waals surface area contributed by atoms with Crippen molar-refractivity contribution in [3.63, 3.8) is 0 Å². The minimum absolute atomic E-state index is 0.0520. The number of carbonyl (C=O) groups is 2. The molecule has 1 atom stereocenters. The maximum Gasteiger partial charge on any atom is 0.264 e. The molecule has 0 aliphatic heterocycles. The second-order valence-electron chi connectivity index (χ2n) is 10.6. The van der Waals surface area contributed by atoms with Crippen LogP contribution in [0.1, 0.15) is 44.4 Å². The summed E-state index contributed by atoms with van der Waals surface area (Å²) in [4.78, 5) is 28.7. The summed E-state index contributed by atoms with van der Waals surface area (Å²) < 4.78 is 28.8. The van der Waals surface area contributed by atoms with Crippen molar-refractivity contribution in [3.05, 3.63) is 94.5 Å². The van der Waals surface area contributed by atoms with Crippen molar-refractivity contribution < 1.29 is 18.0 Å². The van der Waals surface area contributed by atoms with Gasteiger partial charge in [-0.25, -0.2) is 8.42 Å². The van der Waals surface area contributed by atoms with Crippen LogP contribution in [0.4, 0.5) is 5.69 Å². The third kappa shape index (κ3) is 7.61. The first-order chi connectivity index (χ1) is 18.2. The Morgan fingerprint density at radius 2 is 1.54 bits per heavy atom. The first-order valence-corrected chi connectivity index (χ1v) is 14.5. The summed E-state index contributed by atoms with van der Waals surface area (Å²) in [7, 11) is -4.13. The van der Waals surface area contributed by atoms with Gasteiger partial charge in [-0.2, -0.15) is 0 Å². The maximum absolute atomic E-state index is 14.0. The topological polar surface area (TPSA) is 86.8 Å². The molecule has 1 N–H and O–H groups in total. The number of aryl methyl sites for hydroxylation is 2. The lowest BCUT2D eigenvalue weighted by atomic mass is 10.1. The number of nitrogens with one attached hydrogen (secondary N) is 1. The van der Waals surface area contributed by atoms with Crippen molar-refractivity contribution >= 4 is 39.1 Å². The quantitative estimate of drug-likeness (QED) is 0.369. The minimum Gasteiger partial charge on any atom is -0.350 e. The Bertz CT molecular complexity index is 1440. The molecule has 2 amide bonds. The van der Waals surface area contributed by atoms with E-state index in [4.69, 9.17) is 11.6 Å². The van der Waals surface area contributed by atoms with Gasteiger partial charge in [0.25, 0.3) is 10.0 Å². The average molecular weight is 570 g/mol. The summed E-state index contributed by atoms with van der Waals surface area (Å²) in [6.45, 7) is 10.6. The molecule has 3 rings (SSSR count).